The van der Waals surface area contributed by atoms with Gasteiger partial charge in [-0.15, -0.1) is 0 Å². The molecule has 1 heteroatoms. The van der Waals surface area contributed by atoms with Gasteiger partial charge in [-0.25, -0.2) is 0 Å². The van der Waals surface area contributed by atoms with Gasteiger partial charge in [0, 0.05) is 11.8 Å². The summed E-state index contributed by atoms with van der Waals surface area (Å²) in [5.74, 6) is 0. The molecule has 0 radical (unpaired) electrons. The molecule has 0 aliphatic heterocycles. The van der Waals surface area contributed by atoms with Crippen molar-refractivity contribution in [2.75, 3.05) is 0 Å². The van der Waals surface area contributed by atoms with E-state index in [0.29, 0.717) is 0 Å². The molecule has 1 aromatic heterocycles. The van der Waals surface area contributed by atoms with Crippen molar-refractivity contribution in [1.29, 1.82) is 0 Å². The van der Waals surface area contributed by atoms with Crippen molar-refractivity contribution in [3.8, 4) is 11.3 Å². The topological polar surface area (TPSA) is 12.9 Å². The van der Waals surface area contributed by atoms with Crippen LogP contribution in [-0.4, -0.2) is 4.98 Å². The molecule has 0 amide bonds. The third kappa shape index (κ3) is 1.91. The van der Waals surface area contributed by atoms with Crippen LogP contribution in [0.25, 0.3) is 11.3 Å². The van der Waals surface area contributed by atoms with Crippen molar-refractivity contribution in [3.63, 3.8) is 0 Å². The number of aromatic nitrogens is 1. The maximum absolute atomic E-state index is 4.42. The van der Waals surface area contributed by atoms with E-state index in [4.69, 9.17) is 0 Å². The van der Waals surface area contributed by atoms with E-state index in [9.17, 15) is 0 Å². The molecule has 2 aromatic rings. The SMILES string of the molecule is CCc1cccc(C)c1-c1ccccn1. The molecule has 0 spiro atoms. The molecule has 1 heterocycles. The highest BCUT2D eigenvalue weighted by Gasteiger charge is 2.06. The van der Waals surface area contributed by atoms with Crippen LogP contribution in [-0.2, 0) is 6.42 Å². The molecule has 0 aliphatic carbocycles. The van der Waals surface area contributed by atoms with Crippen LogP contribution < -0.4 is 0 Å². The van der Waals surface area contributed by atoms with E-state index in [-0.39, 0.29) is 0 Å². The molecule has 0 unspecified atom stereocenters. The monoisotopic (exact) mass is 197 g/mol. The number of hydrogen-bond acceptors (Lipinski definition) is 1. The van der Waals surface area contributed by atoms with Gasteiger partial charge < -0.3 is 0 Å². The van der Waals surface area contributed by atoms with Crippen molar-refractivity contribution in [2.45, 2.75) is 20.3 Å². The Kier molecular flexibility index (Phi) is 2.82. The Bertz CT molecular complexity index is 446. The molecule has 0 saturated heterocycles. The van der Waals surface area contributed by atoms with Gasteiger partial charge in [0.2, 0.25) is 0 Å². The zero-order valence-electron chi connectivity index (χ0n) is 9.20. The second-order valence-electron chi connectivity index (χ2n) is 3.68. The largest absolute Gasteiger partial charge is 0.256 e. The van der Waals surface area contributed by atoms with Crippen LogP contribution >= 0.6 is 0 Å². The van der Waals surface area contributed by atoms with Crippen LogP contribution in [0.5, 0.6) is 0 Å². The summed E-state index contributed by atoms with van der Waals surface area (Å²) in [6.07, 6.45) is 2.90. The van der Waals surface area contributed by atoms with Crippen LogP contribution in [0.3, 0.4) is 0 Å². The van der Waals surface area contributed by atoms with E-state index in [0.717, 1.165) is 12.1 Å². The minimum absolute atomic E-state index is 1.05. The van der Waals surface area contributed by atoms with Gasteiger partial charge in [0.05, 0.1) is 5.69 Å². The molecule has 0 saturated carbocycles. The molecule has 0 atom stereocenters. The smallest absolute Gasteiger partial charge is 0.0707 e. The second kappa shape index (κ2) is 4.26. The fourth-order valence-electron chi connectivity index (χ4n) is 1.90. The summed E-state index contributed by atoms with van der Waals surface area (Å²) in [5, 5.41) is 0. The molecule has 1 nitrogen and oxygen atoms in total. The van der Waals surface area contributed by atoms with E-state index in [1.165, 1.54) is 16.7 Å². The first-order valence-corrected chi connectivity index (χ1v) is 5.33. The Morgan fingerprint density at radius 3 is 2.60 bits per heavy atom. The average molecular weight is 197 g/mol. The number of nitrogens with zero attached hydrogens (tertiary/aromatic N) is 1. The molecular weight excluding hydrogens is 182 g/mol. The Labute approximate surface area is 90.8 Å². The summed E-state index contributed by atoms with van der Waals surface area (Å²) in [7, 11) is 0. The Morgan fingerprint density at radius 1 is 1.07 bits per heavy atom. The third-order valence-corrected chi connectivity index (χ3v) is 2.66. The molecule has 76 valence electrons. The zero-order chi connectivity index (χ0) is 10.7. The van der Waals surface area contributed by atoms with Crippen LogP contribution in [0.15, 0.2) is 42.6 Å². The van der Waals surface area contributed by atoms with Gasteiger partial charge in [-0.3, -0.25) is 4.98 Å². The molecule has 0 N–H and O–H groups in total. The molecule has 1 aromatic carbocycles. The normalized spacial score (nSPS) is 10.3. The third-order valence-electron chi connectivity index (χ3n) is 2.66. The van der Waals surface area contributed by atoms with Gasteiger partial charge in [-0.05, 0) is 36.6 Å². The first-order valence-electron chi connectivity index (χ1n) is 5.33. The lowest BCUT2D eigenvalue weighted by Crippen LogP contribution is -1.92. The fraction of sp³-hybridized carbons (Fsp3) is 0.214. The first-order chi connectivity index (χ1) is 7.33. The Balaban J connectivity index is 2.61. The lowest BCUT2D eigenvalue weighted by molar-refractivity contribution is 1.12. The quantitative estimate of drug-likeness (QED) is 0.716. The van der Waals surface area contributed by atoms with E-state index >= 15 is 0 Å². The summed E-state index contributed by atoms with van der Waals surface area (Å²) in [6, 6.07) is 12.5. The Morgan fingerprint density at radius 2 is 1.93 bits per heavy atom. The van der Waals surface area contributed by atoms with Crippen molar-refractivity contribution in [3.05, 3.63) is 53.7 Å². The predicted octanol–water partition coefficient (Wildman–Crippen LogP) is 3.62. The van der Waals surface area contributed by atoms with Gasteiger partial charge in [0.1, 0.15) is 0 Å². The van der Waals surface area contributed by atoms with Gasteiger partial charge in [0.25, 0.3) is 0 Å². The van der Waals surface area contributed by atoms with Crippen LogP contribution in [0.2, 0.25) is 0 Å². The average Bonchev–Trinajstić information content (AvgIpc) is 2.29. The minimum atomic E-state index is 1.05. The highest BCUT2D eigenvalue weighted by Crippen LogP contribution is 2.25. The zero-order valence-corrected chi connectivity index (χ0v) is 9.20. The van der Waals surface area contributed by atoms with Gasteiger partial charge >= 0.3 is 0 Å². The van der Waals surface area contributed by atoms with E-state index < -0.39 is 0 Å². The van der Waals surface area contributed by atoms with Crippen molar-refractivity contribution < 1.29 is 0 Å². The predicted molar refractivity (Wildman–Crippen MR) is 63.8 cm³/mol. The lowest BCUT2D eigenvalue weighted by atomic mass is 9.97. The molecule has 0 fully saturated rings. The fourth-order valence-corrected chi connectivity index (χ4v) is 1.90. The van der Waals surface area contributed by atoms with Gasteiger partial charge in [-0.1, -0.05) is 31.2 Å². The van der Waals surface area contributed by atoms with Gasteiger partial charge in [-0.2, -0.15) is 0 Å². The Hall–Kier alpha value is -1.63. The summed E-state index contributed by atoms with van der Waals surface area (Å²) >= 11 is 0. The summed E-state index contributed by atoms with van der Waals surface area (Å²) < 4.78 is 0. The summed E-state index contributed by atoms with van der Waals surface area (Å²) in [4.78, 5) is 4.42. The highest BCUT2D eigenvalue weighted by atomic mass is 14.7. The number of rotatable bonds is 2. The van der Waals surface area contributed by atoms with Crippen molar-refractivity contribution >= 4 is 0 Å². The number of aryl methyl sites for hydroxylation is 2. The van der Waals surface area contributed by atoms with E-state index in [1.807, 2.05) is 18.3 Å². The highest BCUT2D eigenvalue weighted by molar-refractivity contribution is 5.67. The standard InChI is InChI=1S/C14H15N/c1-3-12-8-6-7-11(2)14(12)13-9-4-5-10-15-13/h4-10H,3H2,1-2H3. The van der Waals surface area contributed by atoms with Crippen LogP contribution in [0.1, 0.15) is 18.1 Å². The lowest BCUT2D eigenvalue weighted by Gasteiger charge is -2.10. The maximum atomic E-state index is 4.42. The minimum Gasteiger partial charge on any atom is -0.256 e. The van der Waals surface area contributed by atoms with Crippen LogP contribution in [0.4, 0.5) is 0 Å². The number of hydrogen-bond donors (Lipinski definition) is 0. The molecular formula is C14H15N. The van der Waals surface area contributed by atoms with Crippen LogP contribution in [0, 0.1) is 6.92 Å². The summed E-state index contributed by atoms with van der Waals surface area (Å²) in [5.41, 5.74) is 5.04. The first kappa shape index (κ1) is 9.91. The second-order valence-corrected chi connectivity index (χ2v) is 3.68. The molecule has 0 aliphatic rings. The summed E-state index contributed by atoms with van der Waals surface area (Å²) in [6.45, 7) is 4.32. The van der Waals surface area contributed by atoms with Crippen molar-refractivity contribution in [2.24, 2.45) is 0 Å². The number of benzene rings is 1. The molecule has 15 heavy (non-hydrogen) atoms. The maximum Gasteiger partial charge on any atom is 0.0707 e. The molecule has 0 bridgehead atoms. The number of pyridine rings is 1. The van der Waals surface area contributed by atoms with Crippen molar-refractivity contribution in [1.82, 2.24) is 4.98 Å². The van der Waals surface area contributed by atoms with Gasteiger partial charge in [0.15, 0.2) is 0 Å². The molecule has 2 rings (SSSR count). The van der Waals surface area contributed by atoms with E-state index in [2.05, 4.69) is 43.1 Å². The van der Waals surface area contributed by atoms with E-state index in [1.54, 1.807) is 0 Å².